The third-order valence-electron chi connectivity index (χ3n) is 3.29. The Morgan fingerprint density at radius 1 is 1.25 bits per heavy atom. The minimum absolute atomic E-state index is 0.130. The van der Waals surface area contributed by atoms with Gasteiger partial charge in [0.2, 0.25) is 5.91 Å². The molecule has 0 aliphatic carbocycles. The standard InChI is InChI=1S/C14H19NO4S/c1-8(10-3-5-11(16)6-4-10)12(7-20)13(17)15-9(2)14(18)19/h3-6,8-9,12,16,20H,7H2,1-2H3,(H,15,17)(H,18,19)/t8?,9-,12?/m0/s1. The van der Waals surface area contributed by atoms with E-state index in [-0.39, 0.29) is 17.6 Å². The van der Waals surface area contributed by atoms with Gasteiger partial charge in [0.25, 0.3) is 0 Å². The molecule has 20 heavy (non-hydrogen) atoms. The molecule has 0 aliphatic rings. The molecule has 0 saturated carbocycles. The van der Waals surface area contributed by atoms with Crippen LogP contribution in [0.5, 0.6) is 5.75 Å². The van der Waals surface area contributed by atoms with E-state index in [1.165, 1.54) is 6.92 Å². The maximum Gasteiger partial charge on any atom is 0.325 e. The second kappa shape index (κ2) is 7.19. The van der Waals surface area contributed by atoms with Crippen LogP contribution in [0.25, 0.3) is 0 Å². The molecule has 3 atom stereocenters. The minimum Gasteiger partial charge on any atom is -0.508 e. The van der Waals surface area contributed by atoms with E-state index >= 15 is 0 Å². The number of carboxylic acid groups (broad SMARTS) is 1. The van der Waals surface area contributed by atoms with E-state index in [4.69, 9.17) is 5.11 Å². The molecule has 1 amide bonds. The van der Waals surface area contributed by atoms with Crippen molar-refractivity contribution >= 4 is 24.5 Å². The van der Waals surface area contributed by atoms with Crippen molar-refractivity contribution in [2.75, 3.05) is 5.75 Å². The van der Waals surface area contributed by atoms with Gasteiger partial charge in [0.05, 0.1) is 5.92 Å². The van der Waals surface area contributed by atoms with Crippen molar-refractivity contribution in [3.8, 4) is 5.75 Å². The number of carbonyl (C=O) groups excluding carboxylic acids is 1. The largest absolute Gasteiger partial charge is 0.508 e. The lowest BCUT2D eigenvalue weighted by atomic mass is 9.88. The maximum absolute atomic E-state index is 12.1. The van der Waals surface area contributed by atoms with Gasteiger partial charge < -0.3 is 15.5 Å². The zero-order chi connectivity index (χ0) is 15.3. The van der Waals surface area contributed by atoms with Crippen molar-refractivity contribution in [2.24, 2.45) is 5.92 Å². The molecule has 1 aromatic rings. The number of rotatable bonds is 6. The zero-order valence-electron chi connectivity index (χ0n) is 11.4. The summed E-state index contributed by atoms with van der Waals surface area (Å²) in [6.45, 7) is 3.29. The molecule has 1 aromatic carbocycles. The summed E-state index contributed by atoms with van der Waals surface area (Å²) in [5.41, 5.74) is 0.889. The van der Waals surface area contributed by atoms with E-state index in [0.717, 1.165) is 5.56 Å². The molecule has 0 radical (unpaired) electrons. The number of hydrogen-bond acceptors (Lipinski definition) is 4. The summed E-state index contributed by atoms with van der Waals surface area (Å²) in [7, 11) is 0. The fraction of sp³-hybridized carbons (Fsp3) is 0.429. The first-order valence-electron chi connectivity index (χ1n) is 6.29. The highest BCUT2D eigenvalue weighted by Crippen LogP contribution is 2.27. The highest BCUT2D eigenvalue weighted by molar-refractivity contribution is 7.80. The summed E-state index contributed by atoms with van der Waals surface area (Å²) in [6.07, 6.45) is 0. The molecule has 0 saturated heterocycles. The Morgan fingerprint density at radius 2 is 1.80 bits per heavy atom. The Kier molecular flexibility index (Phi) is 5.88. The van der Waals surface area contributed by atoms with Crippen molar-refractivity contribution < 1.29 is 19.8 Å². The van der Waals surface area contributed by atoms with Crippen LogP contribution in [0.2, 0.25) is 0 Å². The molecule has 0 aliphatic heterocycles. The molecule has 1 rings (SSSR count). The molecule has 2 unspecified atom stereocenters. The number of thiol groups is 1. The summed E-state index contributed by atoms with van der Waals surface area (Å²) in [4.78, 5) is 22.9. The lowest BCUT2D eigenvalue weighted by molar-refractivity contribution is -0.141. The zero-order valence-corrected chi connectivity index (χ0v) is 12.3. The number of carboxylic acids is 1. The quantitative estimate of drug-likeness (QED) is 0.601. The molecular formula is C14H19NO4S. The van der Waals surface area contributed by atoms with E-state index < -0.39 is 17.9 Å². The number of carbonyl (C=O) groups is 2. The van der Waals surface area contributed by atoms with Crippen LogP contribution >= 0.6 is 12.6 Å². The van der Waals surface area contributed by atoms with Crippen LogP contribution in [0, 0.1) is 5.92 Å². The van der Waals surface area contributed by atoms with E-state index in [0.29, 0.717) is 5.75 Å². The van der Waals surface area contributed by atoms with Gasteiger partial charge >= 0.3 is 5.97 Å². The first kappa shape index (κ1) is 16.4. The van der Waals surface area contributed by atoms with Gasteiger partial charge in [-0.15, -0.1) is 0 Å². The smallest absolute Gasteiger partial charge is 0.325 e. The van der Waals surface area contributed by atoms with E-state index in [9.17, 15) is 14.7 Å². The van der Waals surface area contributed by atoms with Gasteiger partial charge in [0.15, 0.2) is 0 Å². The average molecular weight is 297 g/mol. The Labute approximate surface area is 123 Å². The summed E-state index contributed by atoms with van der Waals surface area (Å²) >= 11 is 4.18. The van der Waals surface area contributed by atoms with Crippen molar-refractivity contribution in [3.63, 3.8) is 0 Å². The van der Waals surface area contributed by atoms with Crippen molar-refractivity contribution in [1.82, 2.24) is 5.32 Å². The van der Waals surface area contributed by atoms with Crippen LogP contribution in [0.15, 0.2) is 24.3 Å². The van der Waals surface area contributed by atoms with Crippen LogP contribution in [0.3, 0.4) is 0 Å². The molecular weight excluding hydrogens is 278 g/mol. The lowest BCUT2D eigenvalue weighted by Crippen LogP contribution is -2.43. The third kappa shape index (κ3) is 4.16. The number of aromatic hydroxyl groups is 1. The molecule has 0 bridgehead atoms. The normalized spacial score (nSPS) is 15.2. The van der Waals surface area contributed by atoms with Crippen LogP contribution < -0.4 is 5.32 Å². The molecule has 0 spiro atoms. The number of phenols is 1. The number of nitrogens with one attached hydrogen (secondary N) is 1. The Hall–Kier alpha value is -1.69. The first-order valence-corrected chi connectivity index (χ1v) is 6.93. The number of hydrogen-bond donors (Lipinski definition) is 4. The third-order valence-corrected chi connectivity index (χ3v) is 3.68. The number of benzene rings is 1. The van der Waals surface area contributed by atoms with Gasteiger partial charge in [-0.2, -0.15) is 12.6 Å². The molecule has 110 valence electrons. The number of phenolic OH excluding ortho intramolecular Hbond substituents is 1. The van der Waals surface area contributed by atoms with Crippen LogP contribution in [-0.4, -0.2) is 33.9 Å². The topological polar surface area (TPSA) is 86.6 Å². The van der Waals surface area contributed by atoms with Gasteiger partial charge in [0, 0.05) is 5.75 Å². The average Bonchev–Trinajstić information content (AvgIpc) is 2.39. The van der Waals surface area contributed by atoms with Crippen LogP contribution in [0.4, 0.5) is 0 Å². The van der Waals surface area contributed by atoms with Gasteiger partial charge in [0.1, 0.15) is 11.8 Å². The predicted octanol–water partition coefficient (Wildman–Crippen LogP) is 1.63. The molecule has 3 N–H and O–H groups in total. The molecule has 0 fully saturated rings. The van der Waals surface area contributed by atoms with Gasteiger partial charge in [-0.05, 0) is 30.5 Å². The highest BCUT2D eigenvalue weighted by Gasteiger charge is 2.27. The van der Waals surface area contributed by atoms with Gasteiger partial charge in [-0.1, -0.05) is 19.1 Å². The molecule has 0 heterocycles. The lowest BCUT2D eigenvalue weighted by Gasteiger charge is -2.23. The Balaban J connectivity index is 2.81. The fourth-order valence-corrected chi connectivity index (χ4v) is 2.34. The molecule has 0 aromatic heterocycles. The summed E-state index contributed by atoms with van der Waals surface area (Å²) < 4.78 is 0. The summed E-state index contributed by atoms with van der Waals surface area (Å²) in [6, 6.07) is 5.66. The van der Waals surface area contributed by atoms with Crippen molar-refractivity contribution in [2.45, 2.75) is 25.8 Å². The SMILES string of the molecule is CC(c1ccc(O)cc1)C(CS)C(=O)N[C@@H](C)C(=O)O. The summed E-state index contributed by atoms with van der Waals surface area (Å²) in [5, 5.41) is 20.5. The monoisotopic (exact) mass is 297 g/mol. The van der Waals surface area contributed by atoms with E-state index in [1.54, 1.807) is 24.3 Å². The Morgan fingerprint density at radius 3 is 2.25 bits per heavy atom. The maximum atomic E-state index is 12.1. The minimum atomic E-state index is -1.08. The highest BCUT2D eigenvalue weighted by atomic mass is 32.1. The van der Waals surface area contributed by atoms with Crippen molar-refractivity contribution in [3.05, 3.63) is 29.8 Å². The van der Waals surface area contributed by atoms with E-state index in [1.807, 2.05) is 6.92 Å². The van der Waals surface area contributed by atoms with Gasteiger partial charge in [-0.3, -0.25) is 9.59 Å². The predicted molar refractivity (Wildman–Crippen MR) is 79.1 cm³/mol. The Bertz CT molecular complexity index is 475. The number of aliphatic carboxylic acids is 1. The second-order valence-corrected chi connectivity index (χ2v) is 5.10. The molecule has 5 nitrogen and oxygen atoms in total. The first-order chi connectivity index (χ1) is 9.36. The second-order valence-electron chi connectivity index (χ2n) is 4.74. The fourth-order valence-electron chi connectivity index (χ4n) is 1.86. The van der Waals surface area contributed by atoms with Crippen LogP contribution in [-0.2, 0) is 9.59 Å². The number of amides is 1. The van der Waals surface area contributed by atoms with Gasteiger partial charge in [-0.25, -0.2) is 0 Å². The van der Waals surface area contributed by atoms with E-state index in [2.05, 4.69) is 17.9 Å². The van der Waals surface area contributed by atoms with Crippen molar-refractivity contribution in [1.29, 1.82) is 0 Å². The van der Waals surface area contributed by atoms with Crippen LogP contribution in [0.1, 0.15) is 25.3 Å². The summed E-state index contributed by atoms with van der Waals surface area (Å²) in [5.74, 6) is -1.52. The molecule has 6 heteroatoms.